The largest absolute Gasteiger partial charge is 0.444 e. The van der Waals surface area contributed by atoms with E-state index >= 15 is 0 Å². The van der Waals surface area contributed by atoms with Crippen LogP contribution in [0.1, 0.15) is 18.2 Å². The Morgan fingerprint density at radius 2 is 2.00 bits per heavy atom. The molecule has 0 aliphatic carbocycles. The lowest BCUT2D eigenvalue weighted by Crippen LogP contribution is -2.33. The lowest BCUT2D eigenvalue weighted by atomic mass is 10.1. The molecule has 1 aromatic rings. The van der Waals surface area contributed by atoms with Crippen molar-refractivity contribution in [2.75, 3.05) is 13.7 Å². The van der Waals surface area contributed by atoms with E-state index in [1.807, 2.05) is 4.98 Å². The lowest BCUT2D eigenvalue weighted by Gasteiger charge is -2.26. The maximum absolute atomic E-state index is 13.7. The standard InChI is InChI=1S/C12H19F2N6O11P3/c1-6-4-20(11(22)17-10(6)21)9-3-7(18-19-15)8(30-9)5-29-34(28,16-2)31-33(26,27)12(13,14)32(23,24)25/h4,7-9H,3,5H2,1-2H3,(H,16,28)(H,26,27)(H,17,21,22)(H2,23,24,25)/t7-,8+,9+,34-/m0/s1. The summed E-state index contributed by atoms with van der Waals surface area (Å²) in [5.74, 6) is 0. The second-order valence-corrected chi connectivity index (χ2v) is 12.7. The van der Waals surface area contributed by atoms with Gasteiger partial charge in [0.25, 0.3) is 5.56 Å². The Balaban J connectivity index is 2.24. The number of halogens is 2. The molecule has 1 aromatic heterocycles. The van der Waals surface area contributed by atoms with Gasteiger partial charge in [0.05, 0.1) is 18.8 Å². The molecule has 1 saturated heterocycles. The molecule has 1 aliphatic heterocycles. The van der Waals surface area contributed by atoms with Gasteiger partial charge in [0.15, 0.2) is 0 Å². The van der Waals surface area contributed by atoms with Crippen molar-refractivity contribution in [2.45, 2.75) is 37.1 Å². The second kappa shape index (κ2) is 10.1. The Kier molecular flexibility index (Phi) is 8.46. The van der Waals surface area contributed by atoms with E-state index in [9.17, 15) is 37.0 Å². The Labute approximate surface area is 188 Å². The van der Waals surface area contributed by atoms with Crippen LogP contribution in [0.5, 0.6) is 0 Å². The van der Waals surface area contributed by atoms with Gasteiger partial charge in [-0.25, -0.2) is 18.8 Å². The van der Waals surface area contributed by atoms with Gasteiger partial charge in [-0.3, -0.25) is 28.0 Å². The number of aromatic amines is 1. The molecule has 17 nitrogen and oxygen atoms in total. The molecule has 0 radical (unpaired) electrons. The fraction of sp³-hybridized carbons (Fsp3) is 0.667. The van der Waals surface area contributed by atoms with Crippen molar-refractivity contribution in [2.24, 2.45) is 5.11 Å². The molecule has 0 aromatic carbocycles. The first kappa shape index (κ1) is 28.5. The SMILES string of the molecule is CN[P@](=O)(OC[C@H]1O[C@@H](n2cc(C)c(=O)[nH]c2=O)C[C@@H]1N=[N+]=[N-])OP(=O)(O)C(F)(F)P(=O)(O)O. The number of H-pyrrole nitrogens is 1. The molecule has 34 heavy (non-hydrogen) atoms. The Morgan fingerprint density at radius 1 is 1.38 bits per heavy atom. The molecule has 1 unspecified atom stereocenters. The first-order valence-corrected chi connectivity index (χ1v) is 13.6. The van der Waals surface area contributed by atoms with E-state index in [0.717, 1.165) is 17.8 Å². The summed E-state index contributed by atoms with van der Waals surface area (Å²) in [4.78, 5) is 54.9. The molecule has 0 spiro atoms. The minimum absolute atomic E-state index is 0.140. The highest BCUT2D eigenvalue weighted by molar-refractivity contribution is 7.76. The van der Waals surface area contributed by atoms with Crippen LogP contribution in [0, 0.1) is 6.92 Å². The molecule has 1 aliphatic rings. The molecular formula is C12H19F2N6O11P3. The number of hydrogen-bond acceptors (Lipinski definition) is 9. The van der Waals surface area contributed by atoms with Crippen LogP contribution in [0.25, 0.3) is 10.4 Å². The highest BCUT2D eigenvalue weighted by atomic mass is 31.3. The molecule has 1 fully saturated rings. The van der Waals surface area contributed by atoms with Gasteiger partial charge in [0.2, 0.25) is 0 Å². The zero-order valence-corrected chi connectivity index (χ0v) is 19.9. The van der Waals surface area contributed by atoms with Gasteiger partial charge >= 0.3 is 34.0 Å². The summed E-state index contributed by atoms with van der Waals surface area (Å²) in [6, 6.07) is -1.09. The average Bonchev–Trinajstić information content (AvgIpc) is 3.11. The monoisotopic (exact) mass is 554 g/mol. The highest BCUT2D eigenvalue weighted by Crippen LogP contribution is 2.77. The molecule has 0 bridgehead atoms. The molecule has 2 heterocycles. The van der Waals surface area contributed by atoms with Crippen LogP contribution in [0.2, 0.25) is 0 Å². The van der Waals surface area contributed by atoms with E-state index in [0.29, 0.717) is 0 Å². The molecule has 5 N–H and O–H groups in total. The van der Waals surface area contributed by atoms with E-state index in [2.05, 4.69) is 14.3 Å². The van der Waals surface area contributed by atoms with Crippen molar-refractivity contribution in [3.8, 4) is 0 Å². The van der Waals surface area contributed by atoms with E-state index < -0.39 is 64.6 Å². The molecular weight excluding hydrogens is 535 g/mol. The van der Waals surface area contributed by atoms with Crippen LogP contribution in [-0.2, 0) is 27.3 Å². The minimum atomic E-state index is -6.57. The third kappa shape index (κ3) is 5.90. The van der Waals surface area contributed by atoms with Gasteiger partial charge in [0, 0.05) is 23.1 Å². The summed E-state index contributed by atoms with van der Waals surface area (Å²) in [6.07, 6.45) is -1.41. The maximum atomic E-state index is 13.7. The summed E-state index contributed by atoms with van der Waals surface area (Å²) >= 11 is 0. The maximum Gasteiger partial charge on any atom is 0.444 e. The van der Waals surface area contributed by atoms with Crippen LogP contribution in [0.3, 0.4) is 0 Å². The van der Waals surface area contributed by atoms with Crippen molar-refractivity contribution in [1.29, 1.82) is 0 Å². The smallest absolute Gasteiger partial charge is 0.352 e. The Bertz CT molecular complexity index is 1240. The summed E-state index contributed by atoms with van der Waals surface area (Å²) in [6.45, 7) is 0.521. The van der Waals surface area contributed by atoms with Crippen LogP contribution >= 0.6 is 22.9 Å². The fourth-order valence-electron chi connectivity index (χ4n) is 2.68. The first-order valence-electron chi connectivity index (χ1n) is 8.91. The normalized spacial score (nSPS) is 24.7. The lowest BCUT2D eigenvalue weighted by molar-refractivity contribution is -0.0243. The predicted molar refractivity (Wildman–Crippen MR) is 108 cm³/mol. The highest BCUT2D eigenvalue weighted by Gasteiger charge is 2.67. The van der Waals surface area contributed by atoms with Gasteiger partial charge in [-0.05, 0) is 19.5 Å². The van der Waals surface area contributed by atoms with E-state index in [4.69, 9.17) is 24.6 Å². The molecule has 22 heteroatoms. The van der Waals surface area contributed by atoms with Crippen molar-refractivity contribution in [3.63, 3.8) is 0 Å². The zero-order valence-electron chi connectivity index (χ0n) is 17.2. The molecule has 0 saturated carbocycles. The molecule has 2 rings (SSSR count). The number of nitrogens with one attached hydrogen (secondary N) is 2. The van der Waals surface area contributed by atoms with Gasteiger partial charge < -0.3 is 19.4 Å². The van der Waals surface area contributed by atoms with Crippen molar-refractivity contribution >= 4 is 22.9 Å². The van der Waals surface area contributed by atoms with Gasteiger partial charge in [-0.1, -0.05) is 5.11 Å². The number of aryl methyl sites for hydroxylation is 1. The predicted octanol–water partition coefficient (Wildman–Crippen LogP) is 1.09. The van der Waals surface area contributed by atoms with Crippen LogP contribution in [-0.4, -0.2) is 55.4 Å². The molecule has 5 atom stereocenters. The number of azide groups is 1. The van der Waals surface area contributed by atoms with Gasteiger partial charge in [0.1, 0.15) is 6.23 Å². The van der Waals surface area contributed by atoms with Crippen molar-refractivity contribution < 1.29 is 50.7 Å². The van der Waals surface area contributed by atoms with Crippen molar-refractivity contribution in [3.05, 3.63) is 43.0 Å². The number of rotatable bonds is 10. The van der Waals surface area contributed by atoms with Crippen LogP contribution in [0.15, 0.2) is 20.9 Å². The Morgan fingerprint density at radius 3 is 2.53 bits per heavy atom. The summed E-state index contributed by atoms with van der Waals surface area (Å²) in [5.41, 5.74) is 7.37. The zero-order chi connectivity index (χ0) is 26.1. The quantitative estimate of drug-likeness (QED) is 0.118. The van der Waals surface area contributed by atoms with Crippen LogP contribution < -0.4 is 16.3 Å². The number of alkyl halides is 2. The van der Waals surface area contributed by atoms with E-state index in [1.54, 1.807) is 5.09 Å². The van der Waals surface area contributed by atoms with E-state index in [1.165, 1.54) is 6.92 Å². The second-order valence-electron chi connectivity index (χ2n) is 6.79. The number of hydrogen-bond donors (Lipinski definition) is 5. The summed E-state index contributed by atoms with van der Waals surface area (Å²) < 4.78 is 77.7. The third-order valence-corrected chi connectivity index (χ3v) is 10.2. The van der Waals surface area contributed by atoms with Gasteiger partial charge in [-0.15, -0.1) is 0 Å². The molecule has 0 amide bonds. The van der Waals surface area contributed by atoms with Crippen LogP contribution in [0.4, 0.5) is 8.78 Å². The molecule has 192 valence electrons. The first-order chi connectivity index (χ1) is 15.5. The summed E-state index contributed by atoms with van der Waals surface area (Å²) in [5, 5.41) is -0.443. The topological polar surface area (TPSA) is 255 Å². The fourth-order valence-corrected chi connectivity index (χ4v) is 6.88. The number of nitrogens with zero attached hydrogens (tertiary/aromatic N) is 4. The van der Waals surface area contributed by atoms with E-state index in [-0.39, 0.29) is 12.0 Å². The Hall–Kier alpha value is -1.74. The van der Waals surface area contributed by atoms with Crippen molar-refractivity contribution in [1.82, 2.24) is 14.6 Å². The number of ether oxygens (including phenoxy) is 1. The average molecular weight is 554 g/mol. The summed E-state index contributed by atoms with van der Waals surface area (Å²) in [7, 11) is -17.4. The minimum Gasteiger partial charge on any atom is -0.352 e. The number of aromatic nitrogens is 2. The van der Waals surface area contributed by atoms with Gasteiger partial charge in [-0.2, -0.15) is 8.78 Å². The third-order valence-electron chi connectivity index (χ3n) is 4.45.